The van der Waals surface area contributed by atoms with Gasteiger partial charge in [0.05, 0.1) is 6.10 Å². The number of ether oxygens (including phenoxy) is 1. The smallest absolute Gasteiger partial charge is 0.0600 e. The first-order chi connectivity index (χ1) is 7.34. The van der Waals surface area contributed by atoms with Crippen LogP contribution in [0.5, 0.6) is 0 Å². The zero-order chi connectivity index (χ0) is 10.9. The minimum absolute atomic E-state index is 0.559. The molecule has 15 heavy (non-hydrogen) atoms. The third kappa shape index (κ3) is 5.82. The van der Waals surface area contributed by atoms with Crippen molar-refractivity contribution in [3.8, 4) is 0 Å². The van der Waals surface area contributed by atoms with E-state index in [2.05, 4.69) is 19.6 Å². The second-order valence-corrected chi connectivity index (χ2v) is 5.26. The van der Waals surface area contributed by atoms with Gasteiger partial charge < -0.3 is 4.74 Å². The van der Waals surface area contributed by atoms with Crippen molar-refractivity contribution in [2.45, 2.75) is 64.4 Å². The molecule has 0 N–H and O–H groups in total. The molecule has 1 rings (SSSR count). The average molecular weight is 230 g/mol. The van der Waals surface area contributed by atoms with Crippen LogP contribution in [0.2, 0.25) is 0 Å². The molecule has 0 aliphatic heterocycles. The summed E-state index contributed by atoms with van der Waals surface area (Å²) in [6, 6.07) is 0. The number of unbranched alkanes of at least 4 members (excludes halogenated alkanes) is 3. The fourth-order valence-electron chi connectivity index (χ4n) is 2.33. The summed E-state index contributed by atoms with van der Waals surface area (Å²) in [5.41, 5.74) is 0. The molecule has 0 radical (unpaired) electrons. The molecular formula is C13H26OS. The highest BCUT2D eigenvalue weighted by atomic mass is 32.1. The number of hydrogen-bond acceptors (Lipinski definition) is 2. The van der Waals surface area contributed by atoms with Gasteiger partial charge in [0.1, 0.15) is 0 Å². The van der Waals surface area contributed by atoms with Crippen molar-refractivity contribution in [1.29, 1.82) is 0 Å². The van der Waals surface area contributed by atoms with Crippen LogP contribution in [-0.2, 0) is 4.74 Å². The zero-order valence-corrected chi connectivity index (χ0v) is 11.0. The lowest BCUT2D eigenvalue weighted by atomic mass is 9.88. The maximum atomic E-state index is 5.96. The van der Waals surface area contributed by atoms with Crippen LogP contribution >= 0.6 is 12.6 Å². The topological polar surface area (TPSA) is 9.23 Å². The average Bonchev–Trinajstić information content (AvgIpc) is 2.25. The maximum absolute atomic E-state index is 5.96. The molecule has 1 nitrogen and oxygen atoms in total. The Balaban J connectivity index is 1.94. The molecule has 2 atom stereocenters. The van der Waals surface area contributed by atoms with Crippen LogP contribution in [-0.4, -0.2) is 18.5 Å². The number of hydrogen-bond donors (Lipinski definition) is 1. The monoisotopic (exact) mass is 230 g/mol. The predicted octanol–water partition coefficient (Wildman–Crippen LogP) is 4.07. The normalized spacial score (nSPS) is 26.8. The second kappa shape index (κ2) is 8.46. The van der Waals surface area contributed by atoms with Crippen LogP contribution in [0.4, 0.5) is 0 Å². The third-order valence-electron chi connectivity index (χ3n) is 3.42. The SMILES string of the molecule is CC1CCCCC1OCCCCCCS. The molecule has 0 aromatic carbocycles. The van der Waals surface area contributed by atoms with Gasteiger partial charge in [-0.2, -0.15) is 12.6 Å². The van der Waals surface area contributed by atoms with Gasteiger partial charge in [0.2, 0.25) is 0 Å². The molecule has 2 unspecified atom stereocenters. The van der Waals surface area contributed by atoms with Gasteiger partial charge in [-0.25, -0.2) is 0 Å². The van der Waals surface area contributed by atoms with Gasteiger partial charge >= 0.3 is 0 Å². The Kier molecular flexibility index (Phi) is 7.54. The Bertz CT molecular complexity index is 149. The van der Waals surface area contributed by atoms with Gasteiger partial charge in [-0.15, -0.1) is 0 Å². The molecule has 0 spiro atoms. The molecule has 0 saturated heterocycles. The zero-order valence-electron chi connectivity index (χ0n) is 10.1. The largest absolute Gasteiger partial charge is 0.378 e. The molecule has 1 fully saturated rings. The van der Waals surface area contributed by atoms with E-state index in [9.17, 15) is 0 Å². The Morgan fingerprint density at radius 3 is 2.53 bits per heavy atom. The van der Waals surface area contributed by atoms with Crippen molar-refractivity contribution >= 4 is 12.6 Å². The fraction of sp³-hybridized carbons (Fsp3) is 1.00. The van der Waals surface area contributed by atoms with E-state index in [4.69, 9.17) is 4.74 Å². The summed E-state index contributed by atoms with van der Waals surface area (Å²) in [4.78, 5) is 0. The third-order valence-corrected chi connectivity index (χ3v) is 3.73. The molecule has 90 valence electrons. The Labute approximate surface area is 100 Å². The van der Waals surface area contributed by atoms with Gasteiger partial charge in [-0.3, -0.25) is 0 Å². The Hall–Kier alpha value is 0.310. The van der Waals surface area contributed by atoms with Crippen molar-refractivity contribution in [3.05, 3.63) is 0 Å². The number of rotatable bonds is 7. The van der Waals surface area contributed by atoms with E-state index in [1.165, 1.54) is 51.4 Å². The Morgan fingerprint density at radius 2 is 1.80 bits per heavy atom. The lowest BCUT2D eigenvalue weighted by molar-refractivity contribution is -0.00653. The van der Waals surface area contributed by atoms with E-state index in [0.29, 0.717) is 6.10 Å². The first kappa shape index (κ1) is 13.4. The first-order valence-electron chi connectivity index (χ1n) is 6.57. The summed E-state index contributed by atoms with van der Waals surface area (Å²) in [6.07, 6.45) is 11.1. The van der Waals surface area contributed by atoms with E-state index in [0.717, 1.165) is 18.3 Å². The van der Waals surface area contributed by atoms with Gasteiger partial charge in [0, 0.05) is 6.61 Å². The van der Waals surface area contributed by atoms with E-state index in [1.807, 2.05) is 0 Å². The minimum Gasteiger partial charge on any atom is -0.378 e. The van der Waals surface area contributed by atoms with Crippen LogP contribution in [0.3, 0.4) is 0 Å². The van der Waals surface area contributed by atoms with Gasteiger partial charge in [0.15, 0.2) is 0 Å². The molecule has 0 heterocycles. The highest BCUT2D eigenvalue weighted by Crippen LogP contribution is 2.26. The van der Waals surface area contributed by atoms with Crippen molar-refractivity contribution in [2.24, 2.45) is 5.92 Å². The van der Waals surface area contributed by atoms with Crippen molar-refractivity contribution in [3.63, 3.8) is 0 Å². The second-order valence-electron chi connectivity index (χ2n) is 4.81. The predicted molar refractivity (Wildman–Crippen MR) is 69.7 cm³/mol. The van der Waals surface area contributed by atoms with E-state index in [1.54, 1.807) is 0 Å². The van der Waals surface area contributed by atoms with Crippen molar-refractivity contribution < 1.29 is 4.74 Å². The van der Waals surface area contributed by atoms with Gasteiger partial charge in [-0.05, 0) is 37.4 Å². The van der Waals surface area contributed by atoms with E-state index in [-0.39, 0.29) is 0 Å². The molecule has 2 heteroatoms. The summed E-state index contributed by atoms with van der Waals surface area (Å²) in [7, 11) is 0. The van der Waals surface area contributed by atoms with Crippen LogP contribution in [0.25, 0.3) is 0 Å². The van der Waals surface area contributed by atoms with Crippen LogP contribution in [0.15, 0.2) is 0 Å². The van der Waals surface area contributed by atoms with Crippen LogP contribution in [0, 0.1) is 5.92 Å². The molecule has 0 amide bonds. The van der Waals surface area contributed by atoms with Crippen LogP contribution < -0.4 is 0 Å². The molecule has 0 bridgehead atoms. The summed E-state index contributed by atoms with van der Waals surface area (Å²) in [5.74, 6) is 1.82. The summed E-state index contributed by atoms with van der Waals surface area (Å²) < 4.78 is 5.96. The van der Waals surface area contributed by atoms with Crippen molar-refractivity contribution in [1.82, 2.24) is 0 Å². The lowest BCUT2D eigenvalue weighted by Crippen LogP contribution is -2.25. The summed E-state index contributed by atoms with van der Waals surface area (Å²) >= 11 is 4.21. The number of thiol groups is 1. The summed E-state index contributed by atoms with van der Waals surface area (Å²) in [5, 5.41) is 0. The molecule has 0 aromatic heterocycles. The van der Waals surface area contributed by atoms with Crippen molar-refractivity contribution in [2.75, 3.05) is 12.4 Å². The molecule has 1 saturated carbocycles. The molecule has 1 aliphatic rings. The maximum Gasteiger partial charge on any atom is 0.0600 e. The quantitative estimate of drug-likeness (QED) is 0.512. The first-order valence-corrected chi connectivity index (χ1v) is 7.20. The highest BCUT2D eigenvalue weighted by Gasteiger charge is 2.21. The van der Waals surface area contributed by atoms with E-state index < -0.39 is 0 Å². The molecular weight excluding hydrogens is 204 g/mol. The Morgan fingerprint density at radius 1 is 1.07 bits per heavy atom. The van der Waals surface area contributed by atoms with Gasteiger partial charge in [-0.1, -0.05) is 32.6 Å². The minimum atomic E-state index is 0.559. The van der Waals surface area contributed by atoms with E-state index >= 15 is 0 Å². The lowest BCUT2D eigenvalue weighted by Gasteiger charge is -2.28. The van der Waals surface area contributed by atoms with Gasteiger partial charge in [0.25, 0.3) is 0 Å². The fourth-order valence-corrected chi connectivity index (χ4v) is 2.56. The highest BCUT2D eigenvalue weighted by molar-refractivity contribution is 7.80. The summed E-state index contributed by atoms with van der Waals surface area (Å²) in [6.45, 7) is 3.31. The molecule has 0 aromatic rings. The standard InChI is InChI=1S/C13H26OS/c1-12-8-4-5-9-13(12)14-10-6-2-3-7-11-15/h12-13,15H,2-11H2,1H3. The van der Waals surface area contributed by atoms with Crippen LogP contribution in [0.1, 0.15) is 58.3 Å². The molecule has 1 aliphatic carbocycles.